The summed E-state index contributed by atoms with van der Waals surface area (Å²) in [7, 11) is 0. The van der Waals surface area contributed by atoms with Crippen molar-refractivity contribution in [3.05, 3.63) is 89.9 Å². The Morgan fingerprint density at radius 2 is 1.62 bits per heavy atom. The lowest BCUT2D eigenvalue weighted by molar-refractivity contribution is -0.125. The van der Waals surface area contributed by atoms with Crippen LogP contribution in [0.4, 0.5) is 0 Å². The first-order valence-electron chi connectivity index (χ1n) is 8.69. The molecule has 3 aromatic rings. The molecule has 8 heteroatoms. The summed E-state index contributed by atoms with van der Waals surface area (Å²) in [6.45, 7) is -0.297. The molecule has 0 bridgehead atoms. The van der Waals surface area contributed by atoms with Crippen molar-refractivity contribution >= 4 is 17.8 Å². The minimum absolute atomic E-state index is 0.0341. The number of hydrogen-bond donors (Lipinski definition) is 2. The second-order valence-electron chi connectivity index (χ2n) is 5.83. The molecule has 0 aliphatic carbocycles. The van der Waals surface area contributed by atoms with Crippen LogP contribution in [0.25, 0.3) is 0 Å². The average Bonchev–Trinajstić information content (AvgIpc) is 3.30. The number of carbonyl (C=O) groups is 3. The molecule has 2 N–H and O–H groups in total. The van der Waals surface area contributed by atoms with Gasteiger partial charge in [0.05, 0.1) is 6.26 Å². The predicted octanol–water partition coefficient (Wildman–Crippen LogP) is 2.48. The first-order chi connectivity index (χ1) is 14.1. The van der Waals surface area contributed by atoms with Crippen LogP contribution in [0.15, 0.2) is 77.4 Å². The van der Waals surface area contributed by atoms with Gasteiger partial charge in [0.25, 0.3) is 5.91 Å². The first kappa shape index (κ1) is 19.7. The van der Waals surface area contributed by atoms with Crippen molar-refractivity contribution in [2.75, 3.05) is 6.61 Å². The van der Waals surface area contributed by atoms with Gasteiger partial charge in [-0.1, -0.05) is 42.5 Å². The van der Waals surface area contributed by atoms with Gasteiger partial charge in [-0.05, 0) is 29.8 Å². The van der Waals surface area contributed by atoms with Crippen LogP contribution >= 0.6 is 0 Å². The number of furan rings is 1. The normalized spacial score (nSPS) is 10.1. The van der Waals surface area contributed by atoms with E-state index in [0.29, 0.717) is 5.75 Å². The van der Waals surface area contributed by atoms with Crippen molar-refractivity contribution in [1.29, 1.82) is 0 Å². The molecule has 0 unspecified atom stereocenters. The maximum absolute atomic E-state index is 12.3. The highest BCUT2D eigenvalue weighted by Gasteiger charge is 2.16. The van der Waals surface area contributed by atoms with E-state index in [1.807, 2.05) is 30.3 Å². The number of nitrogens with one attached hydrogen (secondary N) is 2. The standard InChI is InChI=1S/C21H18N2O6/c24-19(22-23-20(25)18-11-6-12-27-18)14-29-21(26)16-9-4-5-10-17(16)28-13-15-7-2-1-3-8-15/h1-12H,13-14H2,(H,22,24)(H,23,25). The second-order valence-corrected chi connectivity index (χ2v) is 5.83. The molecule has 0 saturated carbocycles. The summed E-state index contributed by atoms with van der Waals surface area (Å²) in [5, 5.41) is 0. The van der Waals surface area contributed by atoms with Crippen LogP contribution in [0.3, 0.4) is 0 Å². The van der Waals surface area contributed by atoms with Crippen LogP contribution in [-0.2, 0) is 16.1 Å². The number of esters is 1. The lowest BCUT2D eigenvalue weighted by atomic mass is 10.2. The van der Waals surface area contributed by atoms with Crippen LogP contribution in [0.2, 0.25) is 0 Å². The number of amides is 2. The Bertz CT molecular complexity index is 970. The maximum Gasteiger partial charge on any atom is 0.342 e. The topological polar surface area (TPSA) is 107 Å². The van der Waals surface area contributed by atoms with Gasteiger partial charge in [-0.2, -0.15) is 0 Å². The lowest BCUT2D eigenvalue weighted by Crippen LogP contribution is -2.43. The highest BCUT2D eigenvalue weighted by molar-refractivity contribution is 5.95. The van der Waals surface area contributed by atoms with Gasteiger partial charge in [0.1, 0.15) is 17.9 Å². The third-order valence-electron chi connectivity index (χ3n) is 3.74. The fraction of sp³-hybridized carbons (Fsp3) is 0.0952. The van der Waals surface area contributed by atoms with Crippen LogP contribution < -0.4 is 15.6 Å². The van der Waals surface area contributed by atoms with Gasteiger partial charge in [0, 0.05) is 0 Å². The van der Waals surface area contributed by atoms with Crippen molar-refractivity contribution in [1.82, 2.24) is 10.9 Å². The molecule has 3 rings (SSSR count). The molecule has 0 fully saturated rings. The number of rotatable bonds is 7. The monoisotopic (exact) mass is 394 g/mol. The fourth-order valence-electron chi connectivity index (χ4n) is 2.34. The summed E-state index contributed by atoms with van der Waals surface area (Å²) in [6, 6.07) is 19.0. The second kappa shape index (κ2) is 9.75. The Kier molecular flexibility index (Phi) is 6.62. The maximum atomic E-state index is 12.3. The Morgan fingerprint density at radius 1 is 0.862 bits per heavy atom. The van der Waals surface area contributed by atoms with Gasteiger partial charge in [-0.25, -0.2) is 4.79 Å². The minimum atomic E-state index is -0.721. The van der Waals surface area contributed by atoms with Crippen LogP contribution in [0.5, 0.6) is 5.75 Å². The van der Waals surface area contributed by atoms with E-state index in [-0.39, 0.29) is 17.9 Å². The molecule has 2 amide bonds. The molecule has 0 saturated heterocycles. The predicted molar refractivity (Wildman–Crippen MR) is 102 cm³/mol. The van der Waals surface area contributed by atoms with E-state index >= 15 is 0 Å². The SMILES string of the molecule is O=C(COC(=O)c1ccccc1OCc1ccccc1)NNC(=O)c1ccco1. The smallest absolute Gasteiger partial charge is 0.342 e. The molecule has 0 radical (unpaired) electrons. The highest BCUT2D eigenvalue weighted by atomic mass is 16.5. The Balaban J connectivity index is 1.50. The summed E-state index contributed by atoms with van der Waals surface area (Å²) in [5.41, 5.74) is 5.42. The number of para-hydroxylation sites is 1. The molecule has 0 aliphatic rings. The van der Waals surface area contributed by atoms with E-state index in [2.05, 4.69) is 10.9 Å². The Labute approximate surface area is 166 Å². The zero-order valence-electron chi connectivity index (χ0n) is 15.3. The van der Waals surface area contributed by atoms with E-state index in [0.717, 1.165) is 5.56 Å². The summed E-state index contributed by atoms with van der Waals surface area (Å²) in [4.78, 5) is 35.8. The number of benzene rings is 2. The summed E-state index contributed by atoms with van der Waals surface area (Å²) >= 11 is 0. The van der Waals surface area contributed by atoms with E-state index in [4.69, 9.17) is 13.9 Å². The minimum Gasteiger partial charge on any atom is -0.488 e. The van der Waals surface area contributed by atoms with Gasteiger partial charge in [-0.15, -0.1) is 0 Å². The largest absolute Gasteiger partial charge is 0.488 e. The van der Waals surface area contributed by atoms with Crippen molar-refractivity contribution in [2.24, 2.45) is 0 Å². The molecule has 8 nitrogen and oxygen atoms in total. The zero-order chi connectivity index (χ0) is 20.5. The number of hydrogen-bond acceptors (Lipinski definition) is 6. The summed E-state index contributed by atoms with van der Waals surface area (Å²) in [5.74, 6) is -1.68. The molecular weight excluding hydrogens is 376 g/mol. The molecule has 148 valence electrons. The molecule has 1 aromatic heterocycles. The first-order valence-corrected chi connectivity index (χ1v) is 8.69. The van der Waals surface area contributed by atoms with Gasteiger partial charge in [0.2, 0.25) is 0 Å². The van der Waals surface area contributed by atoms with Crippen molar-refractivity contribution < 1.29 is 28.3 Å². The lowest BCUT2D eigenvalue weighted by Gasteiger charge is -2.11. The molecule has 0 spiro atoms. The third-order valence-corrected chi connectivity index (χ3v) is 3.74. The van der Waals surface area contributed by atoms with E-state index in [1.54, 1.807) is 24.3 Å². The average molecular weight is 394 g/mol. The summed E-state index contributed by atoms with van der Waals surface area (Å²) in [6.07, 6.45) is 1.33. The highest BCUT2D eigenvalue weighted by Crippen LogP contribution is 2.20. The van der Waals surface area contributed by atoms with Crippen molar-refractivity contribution in [3.8, 4) is 5.75 Å². The Hall–Kier alpha value is -4.07. The van der Waals surface area contributed by atoms with Gasteiger partial charge in [-0.3, -0.25) is 20.4 Å². The molecule has 29 heavy (non-hydrogen) atoms. The van der Waals surface area contributed by atoms with Crippen LogP contribution in [0.1, 0.15) is 26.5 Å². The zero-order valence-corrected chi connectivity index (χ0v) is 15.3. The molecule has 2 aromatic carbocycles. The van der Waals surface area contributed by atoms with Gasteiger partial charge >= 0.3 is 11.9 Å². The summed E-state index contributed by atoms with van der Waals surface area (Å²) < 4.78 is 15.6. The number of ether oxygens (including phenoxy) is 2. The quantitative estimate of drug-likeness (QED) is 0.471. The molecule has 0 aliphatic heterocycles. The number of carbonyl (C=O) groups excluding carboxylic acids is 3. The van der Waals surface area contributed by atoms with Crippen molar-refractivity contribution in [3.63, 3.8) is 0 Å². The third kappa shape index (κ3) is 5.70. The fourth-order valence-corrected chi connectivity index (χ4v) is 2.34. The molecular formula is C21H18N2O6. The molecule has 0 atom stereocenters. The van der Waals surface area contributed by atoms with Crippen LogP contribution in [-0.4, -0.2) is 24.4 Å². The van der Waals surface area contributed by atoms with E-state index < -0.39 is 24.4 Å². The van der Waals surface area contributed by atoms with Gasteiger partial charge < -0.3 is 13.9 Å². The number of hydrazine groups is 1. The van der Waals surface area contributed by atoms with Crippen molar-refractivity contribution in [2.45, 2.75) is 6.61 Å². The molecule has 1 heterocycles. The Morgan fingerprint density at radius 3 is 2.38 bits per heavy atom. The van der Waals surface area contributed by atoms with E-state index in [9.17, 15) is 14.4 Å². The van der Waals surface area contributed by atoms with Gasteiger partial charge in [0.15, 0.2) is 12.4 Å². The van der Waals surface area contributed by atoms with E-state index in [1.165, 1.54) is 18.4 Å². The van der Waals surface area contributed by atoms with Crippen LogP contribution in [0, 0.1) is 0 Å².